The minimum Gasteiger partial charge on any atom is -0.387 e. The Labute approximate surface area is 189 Å². The lowest BCUT2D eigenvalue weighted by molar-refractivity contribution is -0.226. The van der Waals surface area contributed by atoms with E-state index in [1.165, 1.54) is 0 Å². The molecule has 1 spiro atoms. The van der Waals surface area contributed by atoms with E-state index >= 15 is 0 Å². The standard InChI is InChI=1S/C26H32O6/c27-20-22(29-16-18-10-4-1-5-11-18)21(28)24-25(32-26(31-24)14-8-3-9-15-26)23(20)30-17-19-12-6-2-7-13-19/h1-2,4-7,10-13,20-25,27-28H,3,8-9,14-17H2/t20-,21+,22-,23+,24+,25-/m0/s1. The molecule has 0 unspecified atom stereocenters. The van der Waals surface area contributed by atoms with Crippen molar-refractivity contribution in [2.24, 2.45) is 0 Å². The summed E-state index contributed by atoms with van der Waals surface area (Å²) in [5, 5.41) is 22.4. The van der Waals surface area contributed by atoms with Crippen molar-refractivity contribution in [2.75, 3.05) is 0 Å². The molecule has 0 bridgehead atoms. The lowest BCUT2D eigenvalue weighted by atomic mass is 9.84. The van der Waals surface area contributed by atoms with Crippen molar-refractivity contribution in [1.29, 1.82) is 0 Å². The molecule has 3 aliphatic rings. The van der Waals surface area contributed by atoms with E-state index in [2.05, 4.69) is 0 Å². The highest BCUT2D eigenvalue weighted by molar-refractivity contribution is 5.15. The molecule has 3 fully saturated rings. The zero-order valence-electron chi connectivity index (χ0n) is 18.2. The number of rotatable bonds is 6. The molecule has 6 nitrogen and oxygen atoms in total. The predicted octanol–water partition coefficient (Wildman–Crippen LogP) is 3.34. The van der Waals surface area contributed by atoms with Crippen LogP contribution in [0.3, 0.4) is 0 Å². The Morgan fingerprint density at radius 2 is 1.22 bits per heavy atom. The Balaban J connectivity index is 1.36. The van der Waals surface area contributed by atoms with Crippen LogP contribution in [0.4, 0.5) is 0 Å². The third-order valence-corrected chi connectivity index (χ3v) is 6.88. The molecule has 0 aromatic heterocycles. The highest BCUT2D eigenvalue weighted by Crippen LogP contribution is 2.46. The second-order valence-electron chi connectivity index (χ2n) is 9.14. The highest BCUT2D eigenvalue weighted by Gasteiger charge is 2.60. The van der Waals surface area contributed by atoms with E-state index in [9.17, 15) is 10.2 Å². The molecular weight excluding hydrogens is 408 g/mol. The van der Waals surface area contributed by atoms with Crippen LogP contribution in [-0.2, 0) is 32.2 Å². The average molecular weight is 441 g/mol. The molecule has 0 radical (unpaired) electrons. The van der Waals surface area contributed by atoms with Gasteiger partial charge >= 0.3 is 0 Å². The van der Waals surface area contributed by atoms with Gasteiger partial charge < -0.3 is 29.2 Å². The molecule has 2 aliphatic carbocycles. The van der Waals surface area contributed by atoms with Gasteiger partial charge in [-0.1, -0.05) is 67.1 Å². The third kappa shape index (κ3) is 4.49. The van der Waals surface area contributed by atoms with Gasteiger partial charge in [-0.15, -0.1) is 0 Å². The van der Waals surface area contributed by atoms with E-state index in [4.69, 9.17) is 18.9 Å². The molecule has 0 amide bonds. The van der Waals surface area contributed by atoms with E-state index < -0.39 is 42.4 Å². The maximum atomic E-state index is 11.2. The molecular formula is C26H32O6. The van der Waals surface area contributed by atoms with E-state index in [0.717, 1.165) is 43.2 Å². The van der Waals surface area contributed by atoms with Crippen LogP contribution in [0, 0.1) is 0 Å². The first-order valence-electron chi connectivity index (χ1n) is 11.7. The van der Waals surface area contributed by atoms with Gasteiger partial charge in [-0.2, -0.15) is 0 Å². The van der Waals surface area contributed by atoms with Crippen LogP contribution in [-0.4, -0.2) is 52.6 Å². The molecule has 2 aromatic carbocycles. The van der Waals surface area contributed by atoms with Crippen LogP contribution in [0.5, 0.6) is 0 Å². The summed E-state index contributed by atoms with van der Waals surface area (Å²) in [6.07, 6.45) is 0.127. The van der Waals surface area contributed by atoms with Crippen molar-refractivity contribution >= 4 is 0 Å². The number of hydrogen-bond acceptors (Lipinski definition) is 6. The van der Waals surface area contributed by atoms with Crippen LogP contribution >= 0.6 is 0 Å². The summed E-state index contributed by atoms with van der Waals surface area (Å²) in [5.41, 5.74) is 1.98. The van der Waals surface area contributed by atoms with E-state index in [0.29, 0.717) is 6.61 Å². The lowest BCUT2D eigenvalue weighted by Crippen LogP contribution is -2.63. The van der Waals surface area contributed by atoms with Gasteiger partial charge in [-0.05, 0) is 24.0 Å². The molecule has 32 heavy (non-hydrogen) atoms. The van der Waals surface area contributed by atoms with Crippen molar-refractivity contribution in [3.8, 4) is 0 Å². The van der Waals surface area contributed by atoms with Crippen molar-refractivity contribution in [3.63, 3.8) is 0 Å². The first kappa shape index (κ1) is 22.0. The Morgan fingerprint density at radius 3 is 1.81 bits per heavy atom. The second-order valence-corrected chi connectivity index (χ2v) is 9.14. The minimum absolute atomic E-state index is 0.286. The summed E-state index contributed by atoms with van der Waals surface area (Å²) >= 11 is 0. The summed E-state index contributed by atoms with van der Waals surface area (Å²) < 4.78 is 25.1. The molecule has 172 valence electrons. The number of aliphatic hydroxyl groups excluding tert-OH is 2. The van der Waals surface area contributed by atoms with Crippen LogP contribution in [0.1, 0.15) is 43.2 Å². The molecule has 6 atom stereocenters. The summed E-state index contributed by atoms with van der Waals surface area (Å²) in [6, 6.07) is 19.6. The minimum atomic E-state index is -1.04. The zero-order chi connectivity index (χ0) is 22.0. The van der Waals surface area contributed by atoms with Crippen molar-refractivity contribution < 1.29 is 29.2 Å². The first-order chi connectivity index (χ1) is 15.7. The molecule has 1 aliphatic heterocycles. The number of hydrogen-bond donors (Lipinski definition) is 2. The smallest absolute Gasteiger partial charge is 0.169 e. The molecule has 6 heteroatoms. The summed E-state index contributed by atoms with van der Waals surface area (Å²) in [5.74, 6) is -0.697. The number of fused-ring (bicyclic) bond motifs is 1. The van der Waals surface area contributed by atoms with Gasteiger partial charge in [-0.25, -0.2) is 0 Å². The Morgan fingerprint density at radius 1 is 0.688 bits per heavy atom. The number of aliphatic hydroxyl groups is 2. The SMILES string of the molecule is O[C@@H]1[C@@H](OCc2ccccc2)[C@H](O)[C@@H](OCc2ccccc2)[C@@H]2OC3(CCCCC3)O[C@H]12. The van der Waals surface area contributed by atoms with Gasteiger partial charge in [-0.3, -0.25) is 0 Å². The normalized spacial score (nSPS) is 33.8. The fraction of sp³-hybridized carbons (Fsp3) is 0.538. The quantitative estimate of drug-likeness (QED) is 0.718. The number of benzene rings is 2. The summed E-state index contributed by atoms with van der Waals surface area (Å²) in [6.45, 7) is 0.623. The van der Waals surface area contributed by atoms with Crippen molar-refractivity contribution in [1.82, 2.24) is 0 Å². The molecule has 5 rings (SSSR count). The molecule has 1 saturated heterocycles. The van der Waals surface area contributed by atoms with Gasteiger partial charge in [0.25, 0.3) is 0 Å². The lowest BCUT2D eigenvalue weighted by Gasteiger charge is -2.43. The van der Waals surface area contributed by atoms with Crippen molar-refractivity contribution in [2.45, 2.75) is 87.7 Å². The largest absolute Gasteiger partial charge is 0.387 e. The van der Waals surface area contributed by atoms with E-state index in [1.807, 2.05) is 60.7 Å². The third-order valence-electron chi connectivity index (χ3n) is 6.88. The molecule has 2 saturated carbocycles. The summed E-state index contributed by atoms with van der Waals surface area (Å²) in [7, 11) is 0. The molecule has 1 heterocycles. The monoisotopic (exact) mass is 440 g/mol. The highest BCUT2D eigenvalue weighted by atomic mass is 16.8. The van der Waals surface area contributed by atoms with Gasteiger partial charge in [0.2, 0.25) is 0 Å². The maximum absolute atomic E-state index is 11.2. The van der Waals surface area contributed by atoms with Crippen LogP contribution in [0.25, 0.3) is 0 Å². The Kier molecular flexibility index (Phi) is 6.60. The Hall–Kier alpha value is -1.80. The number of ether oxygens (including phenoxy) is 4. The summed E-state index contributed by atoms with van der Waals surface area (Å²) in [4.78, 5) is 0. The van der Waals surface area contributed by atoms with Crippen LogP contribution in [0.2, 0.25) is 0 Å². The first-order valence-corrected chi connectivity index (χ1v) is 11.7. The average Bonchev–Trinajstić information content (AvgIpc) is 3.19. The zero-order valence-corrected chi connectivity index (χ0v) is 18.2. The molecule has 2 N–H and O–H groups in total. The van der Waals surface area contributed by atoms with Gasteiger partial charge in [0.1, 0.15) is 36.6 Å². The fourth-order valence-corrected chi connectivity index (χ4v) is 5.20. The van der Waals surface area contributed by atoms with Gasteiger partial charge in [0, 0.05) is 12.8 Å². The van der Waals surface area contributed by atoms with Crippen molar-refractivity contribution in [3.05, 3.63) is 71.8 Å². The van der Waals surface area contributed by atoms with Gasteiger partial charge in [0.05, 0.1) is 13.2 Å². The van der Waals surface area contributed by atoms with Gasteiger partial charge in [0.15, 0.2) is 5.79 Å². The van der Waals surface area contributed by atoms with Crippen LogP contribution < -0.4 is 0 Å². The van der Waals surface area contributed by atoms with E-state index in [-0.39, 0.29) is 6.61 Å². The Bertz CT molecular complexity index is 853. The topological polar surface area (TPSA) is 77.4 Å². The maximum Gasteiger partial charge on any atom is 0.169 e. The predicted molar refractivity (Wildman–Crippen MR) is 118 cm³/mol. The second kappa shape index (κ2) is 9.59. The fourth-order valence-electron chi connectivity index (χ4n) is 5.20. The van der Waals surface area contributed by atoms with E-state index in [1.54, 1.807) is 0 Å². The van der Waals surface area contributed by atoms with Crippen LogP contribution in [0.15, 0.2) is 60.7 Å². The molecule has 2 aromatic rings.